The molecule has 1 aromatic heterocycles. The first kappa shape index (κ1) is 12.0. The standard InChI is InChI=1S/C7H9ClF2N2O3/c1-2-3-4-11-5(13)12(7(8,9)10)15-6(11)14/h2-4H2,1H3. The van der Waals surface area contributed by atoms with Gasteiger partial charge in [-0.1, -0.05) is 18.1 Å². The minimum Gasteiger partial charge on any atom is -0.310 e. The first-order valence-electron chi connectivity index (χ1n) is 4.28. The van der Waals surface area contributed by atoms with E-state index in [0.717, 1.165) is 0 Å². The lowest BCUT2D eigenvalue weighted by Crippen LogP contribution is -2.33. The summed E-state index contributed by atoms with van der Waals surface area (Å²) >= 11 is 4.57. The summed E-state index contributed by atoms with van der Waals surface area (Å²) in [4.78, 5) is 22.2. The van der Waals surface area contributed by atoms with Crippen LogP contribution in [0.5, 0.6) is 0 Å². The molecule has 0 N–H and O–H groups in total. The summed E-state index contributed by atoms with van der Waals surface area (Å²) in [5.74, 6) is -1.13. The molecular formula is C7H9ClF2N2O3. The van der Waals surface area contributed by atoms with Crippen LogP contribution in [-0.4, -0.2) is 9.31 Å². The van der Waals surface area contributed by atoms with Crippen molar-refractivity contribution < 1.29 is 13.3 Å². The zero-order chi connectivity index (χ0) is 11.6. The second kappa shape index (κ2) is 4.18. The Hall–Kier alpha value is -1.11. The third kappa shape index (κ3) is 2.47. The van der Waals surface area contributed by atoms with Gasteiger partial charge >= 0.3 is 17.0 Å². The highest BCUT2D eigenvalue weighted by atomic mass is 35.5. The van der Waals surface area contributed by atoms with Gasteiger partial charge in [0, 0.05) is 6.54 Å². The van der Waals surface area contributed by atoms with Gasteiger partial charge in [-0.2, -0.15) is 8.78 Å². The van der Waals surface area contributed by atoms with E-state index in [9.17, 15) is 18.4 Å². The molecule has 0 aliphatic heterocycles. The average molecular weight is 243 g/mol. The smallest absolute Gasteiger partial charge is 0.310 e. The van der Waals surface area contributed by atoms with Crippen LogP contribution in [-0.2, 0) is 12.1 Å². The van der Waals surface area contributed by atoms with Gasteiger partial charge in [0.2, 0.25) is 0 Å². The SMILES string of the molecule is CCCCn1c(=O)on(C(F)(F)Cl)c1=O. The number of alkyl halides is 3. The number of hydrogen-bond donors (Lipinski definition) is 0. The van der Waals surface area contributed by atoms with Gasteiger partial charge in [-0.3, -0.25) is 0 Å². The van der Waals surface area contributed by atoms with E-state index in [1.807, 2.05) is 6.92 Å². The fourth-order valence-corrected chi connectivity index (χ4v) is 1.12. The minimum absolute atomic E-state index is 0.0393. The molecule has 86 valence electrons. The second-order valence-electron chi connectivity index (χ2n) is 2.91. The van der Waals surface area contributed by atoms with Crippen LogP contribution in [0.25, 0.3) is 0 Å². The molecule has 0 spiro atoms. The molecule has 0 atom stereocenters. The lowest BCUT2D eigenvalue weighted by atomic mass is 10.3. The predicted molar refractivity (Wildman–Crippen MR) is 48.2 cm³/mol. The van der Waals surface area contributed by atoms with Gasteiger partial charge in [0.15, 0.2) is 0 Å². The number of nitrogens with zero attached hydrogens (tertiary/aromatic N) is 2. The normalized spacial score (nSPS) is 12.0. The zero-order valence-electron chi connectivity index (χ0n) is 7.87. The molecule has 5 nitrogen and oxygen atoms in total. The van der Waals surface area contributed by atoms with Gasteiger partial charge in [-0.05, 0) is 18.0 Å². The fourth-order valence-electron chi connectivity index (χ4n) is 1.02. The molecule has 8 heteroatoms. The first-order chi connectivity index (χ1) is 6.88. The van der Waals surface area contributed by atoms with E-state index in [2.05, 4.69) is 16.1 Å². The summed E-state index contributed by atoms with van der Waals surface area (Å²) in [6.07, 6.45) is 1.23. The van der Waals surface area contributed by atoms with E-state index < -0.39 is 21.7 Å². The lowest BCUT2D eigenvalue weighted by Gasteiger charge is -2.02. The third-order valence-electron chi connectivity index (χ3n) is 1.76. The van der Waals surface area contributed by atoms with Gasteiger partial charge in [0.05, 0.1) is 0 Å². The van der Waals surface area contributed by atoms with Gasteiger partial charge in [-0.15, -0.1) is 0 Å². The minimum atomic E-state index is -4.02. The molecule has 0 radical (unpaired) electrons. The van der Waals surface area contributed by atoms with Crippen molar-refractivity contribution in [3.05, 3.63) is 21.0 Å². The fraction of sp³-hybridized carbons (Fsp3) is 0.714. The van der Waals surface area contributed by atoms with Crippen molar-refractivity contribution in [1.29, 1.82) is 0 Å². The summed E-state index contributed by atoms with van der Waals surface area (Å²) in [6.45, 7) is 1.87. The van der Waals surface area contributed by atoms with E-state index in [1.54, 1.807) is 0 Å². The summed E-state index contributed by atoms with van der Waals surface area (Å²) < 4.78 is 29.2. The van der Waals surface area contributed by atoms with Crippen LogP contribution in [0.15, 0.2) is 14.1 Å². The van der Waals surface area contributed by atoms with Crippen LogP contribution < -0.4 is 11.4 Å². The van der Waals surface area contributed by atoms with Crippen LogP contribution >= 0.6 is 11.6 Å². The maximum Gasteiger partial charge on any atom is 0.442 e. The maximum atomic E-state index is 12.5. The maximum absolute atomic E-state index is 12.5. The molecule has 0 saturated carbocycles. The Kier molecular flexibility index (Phi) is 3.33. The highest BCUT2D eigenvalue weighted by Crippen LogP contribution is 2.22. The van der Waals surface area contributed by atoms with Gasteiger partial charge in [0.1, 0.15) is 0 Å². The second-order valence-corrected chi connectivity index (χ2v) is 3.36. The molecule has 0 aromatic carbocycles. The average Bonchev–Trinajstić information content (AvgIpc) is 2.39. The van der Waals surface area contributed by atoms with Crippen LogP contribution in [0.4, 0.5) is 8.78 Å². The monoisotopic (exact) mass is 242 g/mol. The summed E-state index contributed by atoms with van der Waals surface area (Å²) in [5, 5.41) is 0. The number of rotatable bonds is 4. The van der Waals surface area contributed by atoms with E-state index in [-0.39, 0.29) is 6.54 Å². The number of aromatic nitrogens is 2. The molecule has 15 heavy (non-hydrogen) atoms. The molecule has 0 saturated heterocycles. The molecule has 0 aliphatic carbocycles. The molecule has 0 bridgehead atoms. The van der Waals surface area contributed by atoms with Crippen molar-refractivity contribution in [2.75, 3.05) is 0 Å². The Morgan fingerprint density at radius 3 is 2.47 bits per heavy atom. The molecule has 1 aromatic rings. The Labute approximate surface area is 87.8 Å². The van der Waals surface area contributed by atoms with Crippen molar-refractivity contribution >= 4 is 11.6 Å². The first-order valence-corrected chi connectivity index (χ1v) is 4.66. The molecule has 0 amide bonds. The van der Waals surface area contributed by atoms with Crippen molar-refractivity contribution in [2.24, 2.45) is 0 Å². The van der Waals surface area contributed by atoms with E-state index in [0.29, 0.717) is 17.4 Å². The largest absolute Gasteiger partial charge is 0.442 e. The Bertz CT molecular complexity index is 442. The van der Waals surface area contributed by atoms with Gasteiger partial charge < -0.3 is 4.52 Å². The number of halogens is 3. The van der Waals surface area contributed by atoms with Crippen molar-refractivity contribution in [3.8, 4) is 0 Å². The van der Waals surface area contributed by atoms with Crippen LogP contribution in [0.2, 0.25) is 0 Å². The molecule has 1 heterocycles. The van der Waals surface area contributed by atoms with Crippen LogP contribution in [0, 0.1) is 0 Å². The topological polar surface area (TPSA) is 57.1 Å². The molecule has 0 fully saturated rings. The molecule has 1 rings (SSSR count). The third-order valence-corrected chi connectivity index (χ3v) is 1.91. The van der Waals surface area contributed by atoms with Crippen LogP contribution in [0.3, 0.4) is 0 Å². The number of unbranched alkanes of at least 4 members (excludes halogenated alkanes) is 1. The van der Waals surface area contributed by atoms with E-state index >= 15 is 0 Å². The lowest BCUT2D eigenvalue weighted by molar-refractivity contribution is -0.0600. The molecule has 0 aliphatic rings. The van der Waals surface area contributed by atoms with Crippen molar-refractivity contribution in [2.45, 2.75) is 31.8 Å². The highest BCUT2D eigenvalue weighted by molar-refractivity contribution is 6.19. The molecule has 0 unspecified atom stereocenters. The van der Waals surface area contributed by atoms with Crippen molar-refractivity contribution in [3.63, 3.8) is 0 Å². The number of hydrogen-bond acceptors (Lipinski definition) is 3. The van der Waals surface area contributed by atoms with E-state index in [4.69, 9.17) is 0 Å². The van der Waals surface area contributed by atoms with E-state index in [1.165, 1.54) is 0 Å². The quantitative estimate of drug-likeness (QED) is 0.744. The Morgan fingerprint density at radius 1 is 1.47 bits per heavy atom. The van der Waals surface area contributed by atoms with Gasteiger partial charge in [-0.25, -0.2) is 14.2 Å². The zero-order valence-corrected chi connectivity index (χ0v) is 8.63. The highest BCUT2D eigenvalue weighted by Gasteiger charge is 2.34. The predicted octanol–water partition coefficient (Wildman–Crippen LogP) is 1.15. The summed E-state index contributed by atoms with van der Waals surface area (Å²) in [7, 11) is 0. The van der Waals surface area contributed by atoms with Gasteiger partial charge in [0.25, 0.3) is 0 Å². The Morgan fingerprint density at radius 2 is 2.07 bits per heavy atom. The van der Waals surface area contributed by atoms with Crippen molar-refractivity contribution in [1.82, 2.24) is 9.31 Å². The summed E-state index contributed by atoms with van der Waals surface area (Å²) in [6, 6.07) is 0. The Balaban J connectivity index is 3.16. The molecular weight excluding hydrogens is 234 g/mol. The summed E-state index contributed by atoms with van der Waals surface area (Å²) in [5.41, 5.74) is -5.26. The van der Waals surface area contributed by atoms with Crippen LogP contribution in [0.1, 0.15) is 19.8 Å².